The molecule has 5 heteroatoms. The lowest BCUT2D eigenvalue weighted by atomic mass is 10.2. The van der Waals surface area contributed by atoms with Crippen molar-refractivity contribution in [3.8, 4) is 6.07 Å². The number of nitriles is 1. The van der Waals surface area contributed by atoms with Crippen LogP contribution in [0.5, 0.6) is 0 Å². The van der Waals surface area contributed by atoms with E-state index in [-0.39, 0.29) is 17.5 Å². The van der Waals surface area contributed by atoms with E-state index in [0.717, 1.165) is 25.7 Å². The molecule has 1 saturated carbocycles. The lowest BCUT2D eigenvalue weighted by molar-refractivity contribution is 0.350. The second kappa shape index (κ2) is 5.51. The topological polar surface area (TPSA) is 61.2 Å². The van der Waals surface area contributed by atoms with Gasteiger partial charge in [0.25, 0.3) is 0 Å². The second-order valence-electron chi connectivity index (χ2n) is 4.46. The molecule has 1 aliphatic carbocycles. The highest BCUT2D eigenvalue weighted by Gasteiger charge is 2.32. The normalized spacial score (nSPS) is 16.9. The highest BCUT2D eigenvalue weighted by molar-refractivity contribution is 7.89. The number of sulfonamides is 1. The first-order valence-electron chi connectivity index (χ1n) is 6.10. The monoisotopic (exact) mass is 264 g/mol. The third-order valence-electron chi connectivity index (χ3n) is 3.31. The van der Waals surface area contributed by atoms with Crippen LogP contribution < -0.4 is 0 Å². The molecule has 0 bridgehead atoms. The van der Waals surface area contributed by atoms with Crippen LogP contribution in [0.15, 0.2) is 35.2 Å². The largest absolute Gasteiger partial charge is 0.244 e. The lowest BCUT2D eigenvalue weighted by Gasteiger charge is -2.25. The quantitative estimate of drug-likeness (QED) is 0.783. The van der Waals surface area contributed by atoms with Gasteiger partial charge in [-0.2, -0.15) is 9.57 Å². The smallest absolute Gasteiger partial charge is 0.207 e. The maximum Gasteiger partial charge on any atom is 0.244 e. The Balaban J connectivity index is 2.33. The summed E-state index contributed by atoms with van der Waals surface area (Å²) in [5, 5.41) is 8.85. The molecule has 18 heavy (non-hydrogen) atoms. The van der Waals surface area contributed by atoms with Crippen LogP contribution in [0.1, 0.15) is 25.7 Å². The third-order valence-corrected chi connectivity index (χ3v) is 5.22. The molecule has 1 aliphatic rings. The van der Waals surface area contributed by atoms with E-state index in [9.17, 15) is 8.42 Å². The fraction of sp³-hybridized carbons (Fsp3) is 0.462. The van der Waals surface area contributed by atoms with Crippen molar-refractivity contribution in [2.75, 3.05) is 6.54 Å². The van der Waals surface area contributed by atoms with Gasteiger partial charge in [0.1, 0.15) is 6.54 Å². The van der Waals surface area contributed by atoms with E-state index in [1.807, 2.05) is 6.07 Å². The van der Waals surface area contributed by atoms with Crippen molar-refractivity contribution in [3.05, 3.63) is 30.3 Å². The molecule has 96 valence electrons. The summed E-state index contributed by atoms with van der Waals surface area (Å²) in [4.78, 5) is 0.271. The third kappa shape index (κ3) is 2.55. The van der Waals surface area contributed by atoms with Gasteiger partial charge < -0.3 is 0 Å². The van der Waals surface area contributed by atoms with Gasteiger partial charge in [0.15, 0.2) is 0 Å². The summed E-state index contributed by atoms with van der Waals surface area (Å²) >= 11 is 0. The summed E-state index contributed by atoms with van der Waals surface area (Å²) < 4.78 is 26.3. The Labute approximate surface area is 108 Å². The minimum Gasteiger partial charge on any atom is -0.207 e. The molecule has 4 nitrogen and oxygen atoms in total. The van der Waals surface area contributed by atoms with Gasteiger partial charge in [-0.25, -0.2) is 8.42 Å². The standard InChI is InChI=1S/C13H16N2O2S/c14-10-11-15(12-6-4-5-7-12)18(16,17)13-8-2-1-3-9-13/h1-3,8-9,12H,4-7,11H2. The molecule has 0 atom stereocenters. The van der Waals surface area contributed by atoms with Crippen molar-refractivity contribution in [2.24, 2.45) is 0 Å². The van der Waals surface area contributed by atoms with Gasteiger partial charge in [-0.05, 0) is 25.0 Å². The van der Waals surface area contributed by atoms with Gasteiger partial charge in [-0.3, -0.25) is 0 Å². The van der Waals surface area contributed by atoms with E-state index in [2.05, 4.69) is 0 Å². The van der Waals surface area contributed by atoms with E-state index < -0.39 is 10.0 Å². The van der Waals surface area contributed by atoms with Crippen molar-refractivity contribution in [3.63, 3.8) is 0 Å². The van der Waals surface area contributed by atoms with Crippen molar-refractivity contribution < 1.29 is 8.42 Å². The van der Waals surface area contributed by atoms with Crippen LogP contribution in [-0.4, -0.2) is 25.3 Å². The minimum atomic E-state index is -3.54. The Morgan fingerprint density at radius 2 is 1.83 bits per heavy atom. The van der Waals surface area contributed by atoms with E-state index >= 15 is 0 Å². The number of nitrogens with zero attached hydrogens (tertiary/aromatic N) is 2. The fourth-order valence-corrected chi connectivity index (χ4v) is 4.00. The molecule has 0 aromatic heterocycles. The van der Waals surface area contributed by atoms with Crippen molar-refractivity contribution >= 4 is 10.0 Å². The van der Waals surface area contributed by atoms with Gasteiger partial charge in [0.2, 0.25) is 10.0 Å². The average molecular weight is 264 g/mol. The van der Waals surface area contributed by atoms with E-state index in [1.165, 1.54) is 4.31 Å². The molecule has 0 aliphatic heterocycles. The predicted molar refractivity (Wildman–Crippen MR) is 68.2 cm³/mol. The zero-order valence-electron chi connectivity index (χ0n) is 10.1. The second-order valence-corrected chi connectivity index (χ2v) is 6.35. The first-order valence-corrected chi connectivity index (χ1v) is 7.54. The Morgan fingerprint density at radius 1 is 1.22 bits per heavy atom. The van der Waals surface area contributed by atoms with Gasteiger partial charge >= 0.3 is 0 Å². The first kappa shape index (κ1) is 13.1. The molecule has 0 heterocycles. The summed E-state index contributed by atoms with van der Waals surface area (Å²) in [7, 11) is -3.54. The maximum atomic E-state index is 12.5. The number of hydrogen-bond acceptors (Lipinski definition) is 3. The summed E-state index contributed by atoms with van der Waals surface area (Å²) in [6, 6.07) is 10.3. The Morgan fingerprint density at radius 3 is 2.39 bits per heavy atom. The number of hydrogen-bond donors (Lipinski definition) is 0. The van der Waals surface area contributed by atoms with E-state index in [1.54, 1.807) is 30.3 Å². The zero-order chi connectivity index (χ0) is 13.0. The first-order chi connectivity index (χ1) is 8.66. The van der Waals surface area contributed by atoms with Gasteiger partial charge in [-0.15, -0.1) is 0 Å². The number of rotatable bonds is 4. The van der Waals surface area contributed by atoms with E-state index in [4.69, 9.17) is 5.26 Å². The molecule has 0 saturated heterocycles. The molecule has 0 amide bonds. The highest BCUT2D eigenvalue weighted by atomic mass is 32.2. The average Bonchev–Trinajstić information content (AvgIpc) is 2.90. The molecule has 0 N–H and O–H groups in total. The molecule has 2 rings (SSSR count). The van der Waals surface area contributed by atoms with Crippen LogP contribution in [0.4, 0.5) is 0 Å². The Kier molecular flexibility index (Phi) is 4.00. The highest BCUT2D eigenvalue weighted by Crippen LogP contribution is 2.28. The summed E-state index contributed by atoms with van der Waals surface area (Å²) in [5.41, 5.74) is 0. The maximum absolute atomic E-state index is 12.5. The van der Waals surface area contributed by atoms with Crippen LogP contribution in [0.25, 0.3) is 0 Å². The molecule has 1 fully saturated rings. The van der Waals surface area contributed by atoms with Crippen LogP contribution in [-0.2, 0) is 10.0 Å². The van der Waals surface area contributed by atoms with Gasteiger partial charge in [-0.1, -0.05) is 31.0 Å². The van der Waals surface area contributed by atoms with Crippen molar-refractivity contribution in [1.82, 2.24) is 4.31 Å². The molecule has 1 aromatic carbocycles. The van der Waals surface area contributed by atoms with Crippen molar-refractivity contribution in [2.45, 2.75) is 36.6 Å². The van der Waals surface area contributed by atoms with Crippen molar-refractivity contribution in [1.29, 1.82) is 5.26 Å². The van der Waals surface area contributed by atoms with Crippen LogP contribution in [0, 0.1) is 11.3 Å². The minimum absolute atomic E-state index is 0.0187. The van der Waals surface area contributed by atoms with Crippen LogP contribution >= 0.6 is 0 Å². The zero-order valence-corrected chi connectivity index (χ0v) is 10.9. The van der Waals surface area contributed by atoms with Crippen LogP contribution in [0.2, 0.25) is 0 Å². The predicted octanol–water partition coefficient (Wildman–Crippen LogP) is 2.14. The molecule has 0 radical (unpaired) electrons. The molecule has 1 aromatic rings. The summed E-state index contributed by atoms with van der Waals surface area (Å²) in [5.74, 6) is 0. The Bertz CT molecular complexity index is 528. The SMILES string of the molecule is N#CCN(C1CCCC1)S(=O)(=O)c1ccccc1. The van der Waals surface area contributed by atoms with Gasteiger partial charge in [0.05, 0.1) is 11.0 Å². The fourth-order valence-electron chi connectivity index (χ4n) is 2.40. The van der Waals surface area contributed by atoms with Crippen LogP contribution in [0.3, 0.4) is 0 Å². The Hall–Kier alpha value is -1.38. The molecular weight excluding hydrogens is 248 g/mol. The van der Waals surface area contributed by atoms with Gasteiger partial charge in [0, 0.05) is 6.04 Å². The molecule has 0 unspecified atom stereocenters. The summed E-state index contributed by atoms with van der Waals surface area (Å²) in [6.07, 6.45) is 3.79. The lowest BCUT2D eigenvalue weighted by Crippen LogP contribution is -2.39. The molecular formula is C13H16N2O2S. The number of benzene rings is 1. The molecule has 0 spiro atoms. The van der Waals surface area contributed by atoms with E-state index in [0.29, 0.717) is 0 Å². The summed E-state index contributed by atoms with van der Waals surface area (Å²) in [6.45, 7) is -0.0676.